The van der Waals surface area contributed by atoms with Gasteiger partial charge in [-0.2, -0.15) is 0 Å². The molecule has 120 valence electrons. The average Bonchev–Trinajstić information content (AvgIpc) is 3.00. The van der Waals surface area contributed by atoms with Crippen LogP contribution in [0.1, 0.15) is 45.2 Å². The highest BCUT2D eigenvalue weighted by Crippen LogP contribution is 2.24. The van der Waals surface area contributed by atoms with E-state index in [1.54, 1.807) is 0 Å². The third-order valence-corrected chi connectivity index (χ3v) is 4.37. The van der Waals surface area contributed by atoms with Crippen molar-refractivity contribution in [1.29, 1.82) is 0 Å². The molecule has 0 aromatic heterocycles. The molecule has 0 radical (unpaired) electrons. The Morgan fingerprint density at radius 1 is 1.18 bits per heavy atom. The Hall–Kier alpha value is -1.54. The van der Waals surface area contributed by atoms with E-state index in [9.17, 15) is 0 Å². The largest absolute Gasteiger partial charge is 0.381 e. The number of hydrogen-bond donors (Lipinski definition) is 0. The van der Waals surface area contributed by atoms with Crippen molar-refractivity contribution in [2.75, 3.05) is 13.2 Å². The highest BCUT2D eigenvalue weighted by molar-refractivity contribution is 5.63. The lowest BCUT2D eigenvalue weighted by atomic mass is 9.99. The van der Waals surface area contributed by atoms with Crippen molar-refractivity contribution in [3.05, 3.63) is 53.4 Å². The van der Waals surface area contributed by atoms with Crippen molar-refractivity contribution >= 4 is 5.57 Å². The molecule has 1 aromatic carbocycles. The van der Waals surface area contributed by atoms with Gasteiger partial charge in [0.05, 0.1) is 6.61 Å². The molecular formula is C20H29NO. The van der Waals surface area contributed by atoms with Crippen LogP contribution in [0, 0.1) is 12.8 Å². The Bertz CT molecular complexity index is 531. The van der Waals surface area contributed by atoms with Crippen LogP contribution >= 0.6 is 0 Å². The van der Waals surface area contributed by atoms with E-state index in [-0.39, 0.29) is 0 Å². The molecule has 22 heavy (non-hydrogen) atoms. The van der Waals surface area contributed by atoms with E-state index >= 15 is 0 Å². The zero-order chi connectivity index (χ0) is 16.1. The zero-order valence-corrected chi connectivity index (χ0v) is 14.6. The van der Waals surface area contributed by atoms with Crippen molar-refractivity contribution in [3.8, 4) is 0 Å². The van der Waals surface area contributed by atoms with Gasteiger partial charge in [0, 0.05) is 31.0 Å². The second-order valence-electron chi connectivity index (χ2n) is 6.70. The SMILES string of the molecule is CC(C)=CN(/C=C(\C)c1ccc(C)cc1)C(C)C1CCOC1. The summed E-state index contributed by atoms with van der Waals surface area (Å²) in [6.45, 7) is 12.7. The topological polar surface area (TPSA) is 12.5 Å². The summed E-state index contributed by atoms with van der Waals surface area (Å²) in [6.07, 6.45) is 5.69. The Morgan fingerprint density at radius 3 is 2.41 bits per heavy atom. The van der Waals surface area contributed by atoms with Gasteiger partial charge in [-0.15, -0.1) is 0 Å². The quantitative estimate of drug-likeness (QED) is 0.758. The molecule has 1 aliphatic rings. The van der Waals surface area contributed by atoms with Crippen molar-refractivity contribution in [3.63, 3.8) is 0 Å². The highest BCUT2D eigenvalue weighted by Gasteiger charge is 2.25. The van der Waals surface area contributed by atoms with E-state index in [4.69, 9.17) is 4.74 Å². The fourth-order valence-electron chi connectivity index (χ4n) is 2.86. The minimum atomic E-state index is 0.456. The minimum absolute atomic E-state index is 0.456. The van der Waals surface area contributed by atoms with Crippen LogP contribution in [0.3, 0.4) is 0 Å². The number of allylic oxidation sites excluding steroid dienone is 2. The summed E-state index contributed by atoms with van der Waals surface area (Å²) >= 11 is 0. The molecule has 0 aliphatic carbocycles. The highest BCUT2D eigenvalue weighted by atomic mass is 16.5. The third-order valence-electron chi connectivity index (χ3n) is 4.37. The molecule has 2 atom stereocenters. The van der Waals surface area contributed by atoms with Gasteiger partial charge in [0.1, 0.15) is 0 Å². The van der Waals surface area contributed by atoms with Crippen LogP contribution < -0.4 is 0 Å². The van der Waals surface area contributed by atoms with Gasteiger partial charge in [0.15, 0.2) is 0 Å². The van der Waals surface area contributed by atoms with Gasteiger partial charge >= 0.3 is 0 Å². The van der Waals surface area contributed by atoms with E-state index in [1.165, 1.54) is 22.3 Å². The monoisotopic (exact) mass is 299 g/mol. The number of hydrogen-bond acceptors (Lipinski definition) is 2. The molecule has 1 aliphatic heterocycles. The summed E-state index contributed by atoms with van der Waals surface area (Å²) in [7, 11) is 0. The Labute approximate surface area is 135 Å². The number of ether oxygens (including phenoxy) is 1. The summed E-state index contributed by atoms with van der Waals surface area (Å²) < 4.78 is 5.57. The molecule has 0 spiro atoms. The molecule has 1 heterocycles. The normalized spacial score (nSPS) is 19.9. The second kappa shape index (κ2) is 7.64. The summed E-state index contributed by atoms with van der Waals surface area (Å²) in [4.78, 5) is 2.36. The number of aryl methyl sites for hydroxylation is 1. The second-order valence-corrected chi connectivity index (χ2v) is 6.70. The van der Waals surface area contributed by atoms with E-state index in [0.29, 0.717) is 12.0 Å². The molecule has 0 bridgehead atoms. The van der Waals surface area contributed by atoms with Crippen molar-refractivity contribution in [2.24, 2.45) is 5.92 Å². The van der Waals surface area contributed by atoms with Gasteiger partial charge in [-0.3, -0.25) is 0 Å². The number of benzene rings is 1. The fraction of sp³-hybridized carbons (Fsp3) is 0.500. The number of rotatable bonds is 5. The molecule has 2 rings (SSSR count). The standard InChI is InChI=1S/C20H29NO/c1-15(2)12-21(18(5)20-10-11-22-14-20)13-17(4)19-8-6-16(3)7-9-19/h6-9,12-13,18,20H,10-11,14H2,1-5H3/b17-13+. The van der Waals surface area contributed by atoms with Gasteiger partial charge in [-0.05, 0) is 52.2 Å². The van der Waals surface area contributed by atoms with E-state index in [1.807, 2.05) is 0 Å². The minimum Gasteiger partial charge on any atom is -0.381 e. The van der Waals surface area contributed by atoms with Gasteiger partial charge in [-0.1, -0.05) is 35.4 Å². The molecule has 2 heteroatoms. The molecule has 1 fully saturated rings. The summed E-state index contributed by atoms with van der Waals surface area (Å²) in [6, 6.07) is 9.20. The molecule has 0 N–H and O–H groups in total. The Balaban J connectivity index is 2.22. The predicted molar refractivity (Wildman–Crippen MR) is 94.5 cm³/mol. The summed E-state index contributed by atoms with van der Waals surface area (Å²) in [5.74, 6) is 0.609. The summed E-state index contributed by atoms with van der Waals surface area (Å²) in [5.41, 5.74) is 5.20. The lowest BCUT2D eigenvalue weighted by molar-refractivity contribution is 0.167. The maximum absolute atomic E-state index is 5.57. The maximum Gasteiger partial charge on any atom is 0.0514 e. The van der Waals surface area contributed by atoms with E-state index < -0.39 is 0 Å². The molecule has 2 unspecified atom stereocenters. The molecule has 0 saturated carbocycles. The van der Waals surface area contributed by atoms with Gasteiger partial charge < -0.3 is 9.64 Å². The Morgan fingerprint density at radius 2 is 1.86 bits per heavy atom. The zero-order valence-electron chi connectivity index (χ0n) is 14.6. The first-order valence-electron chi connectivity index (χ1n) is 8.23. The van der Waals surface area contributed by atoms with Crippen molar-refractivity contribution < 1.29 is 4.74 Å². The van der Waals surface area contributed by atoms with Crippen LogP contribution in [0.5, 0.6) is 0 Å². The molecule has 1 saturated heterocycles. The first-order valence-corrected chi connectivity index (χ1v) is 8.23. The Kier molecular flexibility index (Phi) is 5.84. The van der Waals surface area contributed by atoms with Crippen LogP contribution in [-0.2, 0) is 4.74 Å². The first kappa shape index (κ1) is 16.8. The lowest BCUT2D eigenvalue weighted by Gasteiger charge is -2.30. The van der Waals surface area contributed by atoms with E-state index in [2.05, 4.69) is 76.2 Å². The fourth-order valence-corrected chi connectivity index (χ4v) is 2.86. The molecule has 2 nitrogen and oxygen atoms in total. The maximum atomic E-state index is 5.57. The van der Waals surface area contributed by atoms with E-state index in [0.717, 1.165) is 19.6 Å². The van der Waals surface area contributed by atoms with Gasteiger partial charge in [0.2, 0.25) is 0 Å². The van der Waals surface area contributed by atoms with Crippen LogP contribution in [0.25, 0.3) is 5.57 Å². The average molecular weight is 299 g/mol. The van der Waals surface area contributed by atoms with Crippen LogP contribution in [0.4, 0.5) is 0 Å². The van der Waals surface area contributed by atoms with Gasteiger partial charge in [0.25, 0.3) is 0 Å². The summed E-state index contributed by atoms with van der Waals surface area (Å²) in [5, 5.41) is 0. The molecule has 1 aromatic rings. The molecular weight excluding hydrogens is 270 g/mol. The molecule has 0 amide bonds. The van der Waals surface area contributed by atoms with Crippen LogP contribution in [0.15, 0.2) is 42.2 Å². The van der Waals surface area contributed by atoms with Crippen molar-refractivity contribution in [1.82, 2.24) is 4.90 Å². The van der Waals surface area contributed by atoms with Crippen LogP contribution in [-0.4, -0.2) is 24.2 Å². The number of nitrogens with zero attached hydrogens (tertiary/aromatic N) is 1. The first-order chi connectivity index (χ1) is 10.5. The van der Waals surface area contributed by atoms with Crippen LogP contribution in [0.2, 0.25) is 0 Å². The van der Waals surface area contributed by atoms with Crippen molar-refractivity contribution in [2.45, 2.75) is 47.1 Å². The smallest absolute Gasteiger partial charge is 0.0514 e. The van der Waals surface area contributed by atoms with Gasteiger partial charge in [-0.25, -0.2) is 0 Å². The third kappa shape index (κ3) is 4.48. The predicted octanol–water partition coefficient (Wildman–Crippen LogP) is 5.01. The lowest BCUT2D eigenvalue weighted by Crippen LogP contribution is -2.31.